The van der Waals surface area contributed by atoms with Gasteiger partial charge in [0.15, 0.2) is 5.75 Å². The Morgan fingerprint density at radius 1 is 1.00 bits per heavy atom. The first-order valence-corrected chi connectivity index (χ1v) is 12.1. The number of morpholine rings is 1. The van der Waals surface area contributed by atoms with E-state index in [1.54, 1.807) is 6.08 Å². The Balaban J connectivity index is 1.63. The van der Waals surface area contributed by atoms with Crippen molar-refractivity contribution in [3.8, 4) is 11.5 Å². The van der Waals surface area contributed by atoms with E-state index in [0.29, 0.717) is 19.0 Å². The predicted molar refractivity (Wildman–Crippen MR) is 127 cm³/mol. The number of carbonyl (C=O) groups is 1. The topological polar surface area (TPSA) is 84.9 Å². The molecule has 3 aromatic rings. The molecule has 34 heavy (non-hydrogen) atoms. The highest BCUT2D eigenvalue weighted by Gasteiger charge is 2.27. The van der Waals surface area contributed by atoms with Crippen molar-refractivity contribution in [2.75, 3.05) is 31.6 Å². The number of rotatable bonds is 7. The van der Waals surface area contributed by atoms with E-state index in [2.05, 4.69) is 5.32 Å². The third kappa shape index (κ3) is 5.88. The molecule has 0 atom stereocenters. The zero-order valence-electron chi connectivity index (χ0n) is 18.2. The third-order valence-electron chi connectivity index (χ3n) is 5.08. The maximum Gasteiger partial charge on any atom is 0.248 e. The van der Waals surface area contributed by atoms with Crippen molar-refractivity contribution in [2.24, 2.45) is 0 Å². The summed E-state index contributed by atoms with van der Waals surface area (Å²) in [6, 6.07) is 18.9. The molecule has 1 N–H and O–H groups in total. The van der Waals surface area contributed by atoms with Crippen molar-refractivity contribution in [1.29, 1.82) is 0 Å². The van der Waals surface area contributed by atoms with E-state index >= 15 is 0 Å². The number of carbonyl (C=O) groups excluding carboxylic acids is 1. The zero-order valence-corrected chi connectivity index (χ0v) is 19.0. The summed E-state index contributed by atoms with van der Waals surface area (Å²) < 4.78 is 51.9. The van der Waals surface area contributed by atoms with E-state index < -0.39 is 21.7 Å². The molecule has 1 saturated heterocycles. The van der Waals surface area contributed by atoms with E-state index in [4.69, 9.17) is 9.47 Å². The second kappa shape index (κ2) is 10.6. The Kier molecular flexibility index (Phi) is 7.36. The number of nitrogens with zero attached hydrogens (tertiary/aromatic N) is 1. The van der Waals surface area contributed by atoms with Crippen molar-refractivity contribution < 1.29 is 27.1 Å². The van der Waals surface area contributed by atoms with Crippen molar-refractivity contribution in [3.05, 3.63) is 90.3 Å². The quantitative estimate of drug-likeness (QED) is 0.508. The minimum atomic E-state index is -3.79. The van der Waals surface area contributed by atoms with Gasteiger partial charge in [-0.15, -0.1) is 0 Å². The fourth-order valence-electron chi connectivity index (χ4n) is 3.33. The number of sulfonamides is 1. The molecule has 0 aromatic heterocycles. The molecule has 0 radical (unpaired) electrons. The van der Waals surface area contributed by atoms with E-state index in [9.17, 15) is 17.6 Å². The molecule has 1 aliphatic heterocycles. The second-order valence-electron chi connectivity index (χ2n) is 7.46. The number of nitrogens with one attached hydrogen (secondary N) is 1. The molecular weight excluding hydrogens is 459 g/mol. The molecule has 0 bridgehead atoms. The van der Waals surface area contributed by atoms with Crippen LogP contribution in [0, 0.1) is 5.82 Å². The number of benzene rings is 3. The van der Waals surface area contributed by atoms with Crippen molar-refractivity contribution >= 4 is 27.7 Å². The first-order valence-electron chi connectivity index (χ1n) is 10.6. The van der Waals surface area contributed by atoms with Gasteiger partial charge in [0.1, 0.15) is 11.6 Å². The van der Waals surface area contributed by atoms with E-state index in [0.717, 1.165) is 5.56 Å². The van der Waals surface area contributed by atoms with Gasteiger partial charge in [0.25, 0.3) is 0 Å². The van der Waals surface area contributed by atoms with Crippen LogP contribution in [0.3, 0.4) is 0 Å². The van der Waals surface area contributed by atoms with E-state index in [1.807, 2.05) is 30.3 Å². The Hall–Kier alpha value is -3.53. The lowest BCUT2D eigenvalue weighted by molar-refractivity contribution is -0.111. The van der Waals surface area contributed by atoms with Gasteiger partial charge in [-0.2, -0.15) is 4.31 Å². The van der Waals surface area contributed by atoms with Gasteiger partial charge in [-0.3, -0.25) is 4.79 Å². The normalized spacial score (nSPS) is 14.7. The highest BCUT2D eigenvalue weighted by atomic mass is 32.2. The maximum absolute atomic E-state index is 13.3. The zero-order chi connectivity index (χ0) is 24.0. The molecule has 176 valence electrons. The Bertz CT molecular complexity index is 1270. The lowest BCUT2D eigenvalue weighted by Gasteiger charge is -2.26. The number of anilines is 1. The summed E-state index contributed by atoms with van der Waals surface area (Å²) in [5.74, 6) is -0.331. The average Bonchev–Trinajstić information content (AvgIpc) is 2.86. The van der Waals surface area contributed by atoms with Gasteiger partial charge in [-0.05, 0) is 54.1 Å². The smallest absolute Gasteiger partial charge is 0.248 e. The molecule has 1 heterocycles. The molecule has 1 aliphatic rings. The largest absolute Gasteiger partial charge is 0.455 e. The molecule has 0 saturated carbocycles. The van der Waals surface area contributed by atoms with Gasteiger partial charge >= 0.3 is 0 Å². The highest BCUT2D eigenvalue weighted by Crippen LogP contribution is 2.33. The van der Waals surface area contributed by atoms with Gasteiger partial charge in [0, 0.05) is 19.2 Å². The SMILES string of the molecule is O=C(/C=C/c1ccccc1)Nc1cc(S(=O)(=O)N2CCOCC2)ccc1Oc1ccc(F)cc1. The van der Waals surface area contributed by atoms with Crippen LogP contribution in [0.25, 0.3) is 6.08 Å². The molecule has 0 spiro atoms. The number of ether oxygens (including phenoxy) is 2. The maximum atomic E-state index is 13.3. The molecule has 1 amide bonds. The Morgan fingerprint density at radius 3 is 2.41 bits per heavy atom. The number of halogens is 1. The van der Waals surface area contributed by atoms with E-state index in [1.165, 1.54) is 52.8 Å². The monoisotopic (exact) mass is 482 g/mol. The minimum absolute atomic E-state index is 0.0168. The summed E-state index contributed by atoms with van der Waals surface area (Å²) in [6.07, 6.45) is 2.99. The van der Waals surface area contributed by atoms with Crippen LogP contribution in [0.4, 0.5) is 10.1 Å². The summed E-state index contributed by atoms with van der Waals surface area (Å²) in [5.41, 5.74) is 1.01. The van der Waals surface area contributed by atoms with Crippen LogP contribution in [0.15, 0.2) is 83.8 Å². The van der Waals surface area contributed by atoms with Gasteiger partial charge in [0.05, 0.1) is 23.8 Å². The van der Waals surface area contributed by atoms with Crippen molar-refractivity contribution in [2.45, 2.75) is 4.90 Å². The van der Waals surface area contributed by atoms with Crippen LogP contribution in [0.1, 0.15) is 5.56 Å². The standard InChI is InChI=1S/C25H23FN2O5S/c26-20-7-9-21(10-8-20)33-24-12-11-22(34(30,31)28-14-16-32-17-15-28)18-23(24)27-25(29)13-6-19-4-2-1-3-5-19/h1-13,18H,14-17H2,(H,27,29)/b13-6+. The van der Waals surface area contributed by atoms with Gasteiger partial charge in [-0.25, -0.2) is 12.8 Å². The van der Waals surface area contributed by atoms with Crippen LogP contribution < -0.4 is 10.1 Å². The first-order chi connectivity index (χ1) is 16.4. The van der Waals surface area contributed by atoms with E-state index in [-0.39, 0.29) is 29.4 Å². The summed E-state index contributed by atoms with van der Waals surface area (Å²) in [6.45, 7) is 1.13. The van der Waals surface area contributed by atoms with Crippen molar-refractivity contribution in [1.82, 2.24) is 4.31 Å². The number of hydrogen-bond acceptors (Lipinski definition) is 5. The van der Waals surface area contributed by atoms with Crippen LogP contribution in [0.5, 0.6) is 11.5 Å². The molecule has 3 aromatic carbocycles. The van der Waals surface area contributed by atoms with Crippen LogP contribution in [0.2, 0.25) is 0 Å². The molecular formula is C25H23FN2O5S. The fourth-order valence-corrected chi connectivity index (χ4v) is 4.77. The molecule has 0 unspecified atom stereocenters. The Labute approximate surface area is 197 Å². The molecule has 0 aliphatic carbocycles. The lowest BCUT2D eigenvalue weighted by atomic mass is 10.2. The number of amides is 1. The van der Waals surface area contributed by atoms with Gasteiger partial charge < -0.3 is 14.8 Å². The van der Waals surface area contributed by atoms with Crippen LogP contribution in [-0.2, 0) is 19.6 Å². The first kappa shape index (κ1) is 23.6. The van der Waals surface area contributed by atoms with Crippen LogP contribution >= 0.6 is 0 Å². The average molecular weight is 483 g/mol. The predicted octanol–water partition coefficient (Wildman–Crippen LogP) is 4.29. The second-order valence-corrected chi connectivity index (χ2v) is 9.40. The summed E-state index contributed by atoms with van der Waals surface area (Å²) >= 11 is 0. The van der Waals surface area contributed by atoms with Gasteiger partial charge in [0.2, 0.25) is 15.9 Å². The van der Waals surface area contributed by atoms with Crippen LogP contribution in [-0.4, -0.2) is 44.9 Å². The highest BCUT2D eigenvalue weighted by molar-refractivity contribution is 7.89. The third-order valence-corrected chi connectivity index (χ3v) is 6.98. The molecule has 9 heteroatoms. The number of hydrogen-bond donors (Lipinski definition) is 1. The molecule has 4 rings (SSSR count). The lowest BCUT2D eigenvalue weighted by Crippen LogP contribution is -2.40. The summed E-state index contributed by atoms with van der Waals surface area (Å²) in [7, 11) is -3.79. The minimum Gasteiger partial charge on any atom is -0.455 e. The molecule has 7 nitrogen and oxygen atoms in total. The van der Waals surface area contributed by atoms with Crippen molar-refractivity contribution in [3.63, 3.8) is 0 Å². The fraction of sp³-hybridized carbons (Fsp3) is 0.160. The summed E-state index contributed by atoms with van der Waals surface area (Å²) in [5, 5.41) is 2.70. The Morgan fingerprint density at radius 2 is 1.71 bits per heavy atom. The van der Waals surface area contributed by atoms with Gasteiger partial charge in [-0.1, -0.05) is 30.3 Å². The summed E-state index contributed by atoms with van der Waals surface area (Å²) in [4.78, 5) is 12.6. The molecule has 1 fully saturated rings.